The largest absolute Gasteiger partial charge is 0.324 e. The average molecular weight is 448 g/mol. The molecule has 186 valence electrons. The molecule has 0 bridgehead atoms. The molecule has 0 N–H and O–H groups in total. The molecule has 0 spiro atoms. The number of carbonyl (C=O) groups is 1. The Morgan fingerprint density at radius 2 is 1.06 bits per heavy atom. The Balaban J connectivity index is 2.07. The molecule has 1 aliphatic rings. The van der Waals surface area contributed by atoms with Crippen molar-refractivity contribution in [2.75, 3.05) is 7.05 Å². The maximum absolute atomic E-state index is 12.9. The van der Waals surface area contributed by atoms with Crippen LogP contribution in [-0.2, 0) is 4.79 Å². The predicted molar refractivity (Wildman–Crippen MR) is 141 cm³/mol. The van der Waals surface area contributed by atoms with Crippen LogP contribution in [0.5, 0.6) is 0 Å². The lowest BCUT2D eigenvalue weighted by molar-refractivity contribution is -0.683. The van der Waals surface area contributed by atoms with Gasteiger partial charge in [0.15, 0.2) is 0 Å². The maximum atomic E-state index is 12.9. The zero-order valence-corrected chi connectivity index (χ0v) is 22.0. The van der Waals surface area contributed by atoms with Crippen LogP contribution in [0.3, 0.4) is 0 Å². The number of quaternary nitrogens is 1. The van der Waals surface area contributed by atoms with E-state index in [9.17, 15) is 4.79 Å². The van der Waals surface area contributed by atoms with Gasteiger partial charge >= 0.3 is 5.91 Å². The summed E-state index contributed by atoms with van der Waals surface area (Å²) in [4.78, 5) is 17.5. The summed E-state index contributed by atoms with van der Waals surface area (Å²) in [5.41, 5.74) is 0. The molecule has 0 fully saturated rings. The Labute approximate surface area is 200 Å². The molecule has 1 heterocycles. The van der Waals surface area contributed by atoms with Gasteiger partial charge in [-0.3, -0.25) is 0 Å². The van der Waals surface area contributed by atoms with Crippen molar-refractivity contribution in [2.45, 2.75) is 155 Å². The molecule has 0 aromatic heterocycles. The summed E-state index contributed by atoms with van der Waals surface area (Å²) in [6.07, 6.45) is 32.0. The van der Waals surface area contributed by atoms with E-state index in [1.807, 2.05) is 19.4 Å². The molecule has 0 aliphatic carbocycles. The first kappa shape index (κ1) is 29.1. The van der Waals surface area contributed by atoms with E-state index in [1.165, 1.54) is 116 Å². The van der Waals surface area contributed by atoms with Gasteiger partial charge in [-0.2, -0.15) is 4.48 Å². The smallest absolute Gasteiger partial charge is 0.230 e. The van der Waals surface area contributed by atoms with E-state index in [4.69, 9.17) is 0 Å². The third-order valence-electron chi connectivity index (χ3n) is 7.14. The molecule has 1 aliphatic heterocycles. The van der Waals surface area contributed by atoms with Crippen molar-refractivity contribution in [3.8, 4) is 0 Å². The first-order chi connectivity index (χ1) is 15.6. The van der Waals surface area contributed by atoms with Gasteiger partial charge in [-0.05, 0) is 12.8 Å². The molecule has 1 atom stereocenters. The van der Waals surface area contributed by atoms with Crippen molar-refractivity contribution < 1.29 is 9.28 Å². The van der Waals surface area contributed by atoms with Crippen molar-refractivity contribution in [1.29, 1.82) is 0 Å². The zero-order chi connectivity index (χ0) is 23.3. The topological polar surface area (TPSA) is 29.4 Å². The van der Waals surface area contributed by atoms with Gasteiger partial charge in [0.1, 0.15) is 6.20 Å². The van der Waals surface area contributed by atoms with Crippen LogP contribution in [0.2, 0.25) is 0 Å². The summed E-state index contributed by atoms with van der Waals surface area (Å²) in [5, 5.41) is 0. The average Bonchev–Trinajstić information content (AvgIpc) is 3.17. The fraction of sp³-hybridized carbons (Fsp3) is 0.862. The molecule has 0 saturated carbocycles. The lowest BCUT2D eigenvalue weighted by Gasteiger charge is -2.25. The van der Waals surface area contributed by atoms with E-state index in [0.717, 1.165) is 25.1 Å². The quantitative estimate of drug-likeness (QED) is 0.120. The Bertz CT molecular complexity index is 525. The Morgan fingerprint density at radius 1 is 0.656 bits per heavy atom. The van der Waals surface area contributed by atoms with Gasteiger partial charge < -0.3 is 0 Å². The molecule has 3 nitrogen and oxygen atoms in total. The predicted octanol–water partition coefficient (Wildman–Crippen LogP) is 9.46. The number of carbonyl (C=O) groups excluding carboxylic acids is 1. The second kappa shape index (κ2) is 19.5. The molecule has 1 rings (SSSR count). The Kier molecular flexibility index (Phi) is 17.7. The highest BCUT2D eigenvalue weighted by Crippen LogP contribution is 2.22. The van der Waals surface area contributed by atoms with Crippen LogP contribution in [0, 0.1) is 0 Å². The normalized spacial score (nSPS) is 17.8. The Hall–Kier alpha value is -0.960. The zero-order valence-electron chi connectivity index (χ0n) is 22.0. The molecular weight excluding hydrogens is 392 g/mol. The number of unbranched alkanes of at least 4 members (excludes halogenated alkanes) is 18. The SMILES string of the molecule is CCCCCCCCCCCCC(=O)[N+]1(C)C=CN=C1CCCCCCCCCCCC. The molecule has 0 radical (unpaired) electrons. The first-order valence-corrected chi connectivity index (χ1v) is 14.3. The number of hydrogen-bond acceptors (Lipinski definition) is 2. The van der Waals surface area contributed by atoms with E-state index >= 15 is 0 Å². The number of rotatable bonds is 22. The summed E-state index contributed by atoms with van der Waals surface area (Å²) in [7, 11) is 2.04. The third-order valence-corrected chi connectivity index (χ3v) is 7.14. The highest BCUT2D eigenvalue weighted by Gasteiger charge is 2.37. The fourth-order valence-corrected chi connectivity index (χ4v) is 4.75. The van der Waals surface area contributed by atoms with E-state index < -0.39 is 0 Å². The number of nitrogens with zero attached hydrogens (tertiary/aromatic N) is 2. The van der Waals surface area contributed by atoms with Gasteiger partial charge in [-0.15, -0.1) is 0 Å². The van der Waals surface area contributed by atoms with Gasteiger partial charge in [-0.1, -0.05) is 129 Å². The van der Waals surface area contributed by atoms with Gasteiger partial charge in [0.05, 0.1) is 19.7 Å². The van der Waals surface area contributed by atoms with Crippen molar-refractivity contribution >= 4 is 11.7 Å². The van der Waals surface area contributed by atoms with Crippen LogP contribution >= 0.6 is 0 Å². The Morgan fingerprint density at radius 3 is 1.53 bits per heavy atom. The minimum absolute atomic E-state index is 0.323. The van der Waals surface area contributed by atoms with Gasteiger partial charge in [0, 0.05) is 6.42 Å². The van der Waals surface area contributed by atoms with Gasteiger partial charge in [-0.25, -0.2) is 9.79 Å². The molecule has 0 saturated heterocycles. The minimum atomic E-state index is 0.323. The molecular formula is C29H55N2O+. The third kappa shape index (κ3) is 12.9. The van der Waals surface area contributed by atoms with E-state index in [1.54, 1.807) is 0 Å². The number of aliphatic imine (C=N–C) groups is 1. The van der Waals surface area contributed by atoms with Crippen molar-refractivity contribution in [2.24, 2.45) is 4.99 Å². The summed E-state index contributed by atoms with van der Waals surface area (Å²) in [6.45, 7) is 4.55. The second-order valence-corrected chi connectivity index (χ2v) is 10.2. The van der Waals surface area contributed by atoms with Crippen LogP contribution in [0.15, 0.2) is 17.4 Å². The van der Waals surface area contributed by atoms with Crippen LogP contribution in [-0.4, -0.2) is 23.3 Å². The molecule has 3 heteroatoms. The lowest BCUT2D eigenvalue weighted by Crippen LogP contribution is -2.47. The fourth-order valence-electron chi connectivity index (χ4n) is 4.75. The van der Waals surface area contributed by atoms with Crippen molar-refractivity contribution in [1.82, 2.24) is 0 Å². The number of hydrogen-bond donors (Lipinski definition) is 0. The summed E-state index contributed by atoms with van der Waals surface area (Å²) >= 11 is 0. The van der Waals surface area contributed by atoms with Crippen LogP contribution in [0.25, 0.3) is 0 Å². The van der Waals surface area contributed by atoms with Crippen molar-refractivity contribution in [3.05, 3.63) is 12.4 Å². The van der Waals surface area contributed by atoms with E-state index in [0.29, 0.717) is 16.8 Å². The minimum Gasteiger partial charge on any atom is -0.230 e. The molecule has 1 unspecified atom stereocenters. The first-order valence-electron chi connectivity index (χ1n) is 14.3. The van der Waals surface area contributed by atoms with Crippen LogP contribution in [0.1, 0.15) is 155 Å². The summed E-state index contributed by atoms with van der Waals surface area (Å²) in [6, 6.07) is 0. The standard InChI is InChI=1S/C29H55N2O/c1-4-6-8-10-12-14-16-18-20-22-24-28-30-26-27-31(28,3)29(32)25-23-21-19-17-15-13-11-9-7-5-2/h26-27H,4-25H2,1-3H3/q+1. The van der Waals surface area contributed by atoms with Crippen LogP contribution in [0.4, 0.5) is 0 Å². The van der Waals surface area contributed by atoms with E-state index in [2.05, 4.69) is 18.8 Å². The monoisotopic (exact) mass is 447 g/mol. The van der Waals surface area contributed by atoms with Crippen LogP contribution < -0.4 is 0 Å². The summed E-state index contributed by atoms with van der Waals surface area (Å²) in [5.74, 6) is 1.38. The second-order valence-electron chi connectivity index (χ2n) is 10.2. The molecule has 32 heavy (non-hydrogen) atoms. The van der Waals surface area contributed by atoms with Gasteiger partial charge in [0.2, 0.25) is 5.84 Å². The highest BCUT2D eigenvalue weighted by atomic mass is 16.2. The number of amides is 1. The number of amidine groups is 1. The molecule has 1 amide bonds. The van der Waals surface area contributed by atoms with E-state index in [-0.39, 0.29) is 0 Å². The van der Waals surface area contributed by atoms with Crippen molar-refractivity contribution in [3.63, 3.8) is 0 Å². The highest BCUT2D eigenvalue weighted by molar-refractivity contribution is 5.90. The lowest BCUT2D eigenvalue weighted by atomic mass is 10.0. The maximum Gasteiger partial charge on any atom is 0.324 e. The summed E-state index contributed by atoms with van der Waals surface area (Å²) < 4.78 is 0.328. The molecule has 0 aromatic carbocycles. The van der Waals surface area contributed by atoms with Gasteiger partial charge in [0.25, 0.3) is 0 Å². The molecule has 0 aromatic rings.